The SMILES string of the molecule is CCCC(N)C(=O)Nc1ccc(Cl)cc1C(=O)NCC.Cl. The fourth-order valence-electron chi connectivity index (χ4n) is 1.74. The number of carbonyl (C=O) groups is 2. The van der Waals surface area contributed by atoms with Gasteiger partial charge in [-0.25, -0.2) is 0 Å². The zero-order valence-corrected chi connectivity index (χ0v) is 13.7. The highest BCUT2D eigenvalue weighted by Gasteiger charge is 2.17. The van der Waals surface area contributed by atoms with Crippen LogP contribution >= 0.6 is 24.0 Å². The molecule has 0 saturated heterocycles. The van der Waals surface area contributed by atoms with E-state index in [4.69, 9.17) is 17.3 Å². The number of carbonyl (C=O) groups excluding carboxylic acids is 2. The number of rotatable bonds is 6. The molecule has 0 heterocycles. The van der Waals surface area contributed by atoms with Crippen molar-refractivity contribution in [2.24, 2.45) is 5.73 Å². The van der Waals surface area contributed by atoms with Gasteiger partial charge in [0.2, 0.25) is 5.91 Å². The van der Waals surface area contributed by atoms with Crippen LogP contribution in [0.3, 0.4) is 0 Å². The van der Waals surface area contributed by atoms with Crippen molar-refractivity contribution < 1.29 is 9.59 Å². The van der Waals surface area contributed by atoms with E-state index < -0.39 is 6.04 Å². The first kappa shape index (κ1) is 19.7. The number of hydrogen-bond acceptors (Lipinski definition) is 3. The number of nitrogens with two attached hydrogens (primary N) is 1. The molecule has 0 aliphatic rings. The van der Waals surface area contributed by atoms with Crippen molar-refractivity contribution in [2.75, 3.05) is 11.9 Å². The van der Waals surface area contributed by atoms with Crippen molar-refractivity contribution in [1.82, 2.24) is 5.32 Å². The molecule has 2 amide bonds. The number of anilines is 1. The first-order chi connectivity index (χ1) is 9.49. The first-order valence-corrected chi connectivity index (χ1v) is 7.01. The number of nitrogens with one attached hydrogen (secondary N) is 2. The van der Waals surface area contributed by atoms with Gasteiger partial charge in [0.25, 0.3) is 5.91 Å². The smallest absolute Gasteiger partial charge is 0.253 e. The van der Waals surface area contributed by atoms with Gasteiger partial charge in [-0.3, -0.25) is 9.59 Å². The summed E-state index contributed by atoms with van der Waals surface area (Å²) in [6, 6.07) is 4.15. The van der Waals surface area contributed by atoms with Gasteiger partial charge < -0.3 is 16.4 Å². The van der Waals surface area contributed by atoms with Gasteiger partial charge in [0.15, 0.2) is 0 Å². The van der Waals surface area contributed by atoms with Crippen molar-refractivity contribution in [3.63, 3.8) is 0 Å². The van der Waals surface area contributed by atoms with Crippen molar-refractivity contribution in [3.8, 4) is 0 Å². The van der Waals surface area contributed by atoms with Crippen LogP contribution in [0.2, 0.25) is 5.02 Å². The summed E-state index contributed by atoms with van der Waals surface area (Å²) < 4.78 is 0. The Morgan fingerprint density at radius 1 is 1.33 bits per heavy atom. The van der Waals surface area contributed by atoms with Crippen molar-refractivity contribution in [1.29, 1.82) is 0 Å². The summed E-state index contributed by atoms with van der Waals surface area (Å²) in [5.74, 6) is -0.589. The van der Waals surface area contributed by atoms with Crippen LogP contribution in [0.4, 0.5) is 5.69 Å². The number of benzene rings is 1. The summed E-state index contributed by atoms with van der Waals surface area (Å²) >= 11 is 5.89. The number of amides is 2. The molecule has 1 aromatic rings. The average molecular weight is 334 g/mol. The highest BCUT2D eigenvalue weighted by Crippen LogP contribution is 2.21. The molecule has 118 valence electrons. The van der Waals surface area contributed by atoms with Gasteiger partial charge in [-0.1, -0.05) is 24.9 Å². The monoisotopic (exact) mass is 333 g/mol. The molecule has 5 nitrogen and oxygen atoms in total. The molecular weight excluding hydrogens is 313 g/mol. The third-order valence-corrected chi connectivity index (χ3v) is 2.99. The van der Waals surface area contributed by atoms with E-state index in [1.54, 1.807) is 12.1 Å². The summed E-state index contributed by atoms with van der Waals surface area (Å²) in [5.41, 5.74) is 6.50. The van der Waals surface area contributed by atoms with Crippen LogP contribution in [0.15, 0.2) is 18.2 Å². The van der Waals surface area contributed by atoms with E-state index in [1.165, 1.54) is 6.07 Å². The van der Waals surface area contributed by atoms with Gasteiger partial charge in [0.1, 0.15) is 0 Å². The summed E-state index contributed by atoms with van der Waals surface area (Å²) in [4.78, 5) is 23.9. The lowest BCUT2D eigenvalue weighted by Gasteiger charge is -2.14. The summed E-state index contributed by atoms with van der Waals surface area (Å²) in [7, 11) is 0. The lowest BCUT2D eigenvalue weighted by molar-refractivity contribution is -0.117. The third-order valence-electron chi connectivity index (χ3n) is 2.76. The third kappa shape index (κ3) is 5.91. The lowest BCUT2D eigenvalue weighted by Crippen LogP contribution is -2.36. The van der Waals surface area contributed by atoms with Gasteiger partial charge in [0.05, 0.1) is 17.3 Å². The van der Waals surface area contributed by atoms with Crippen LogP contribution in [-0.2, 0) is 4.79 Å². The molecule has 0 fully saturated rings. The summed E-state index contributed by atoms with van der Waals surface area (Å²) in [5, 5.41) is 5.79. The quantitative estimate of drug-likeness (QED) is 0.748. The van der Waals surface area contributed by atoms with E-state index in [-0.39, 0.29) is 24.2 Å². The van der Waals surface area contributed by atoms with Crippen molar-refractivity contribution in [2.45, 2.75) is 32.7 Å². The van der Waals surface area contributed by atoms with E-state index in [9.17, 15) is 9.59 Å². The van der Waals surface area contributed by atoms with Gasteiger partial charge in [-0.05, 0) is 31.5 Å². The Balaban J connectivity index is 0.00000400. The maximum Gasteiger partial charge on any atom is 0.253 e. The Kier molecular flexibility index (Phi) is 9.01. The van der Waals surface area contributed by atoms with E-state index >= 15 is 0 Å². The summed E-state index contributed by atoms with van der Waals surface area (Å²) in [6.45, 7) is 4.27. The standard InChI is InChI=1S/C14H20ClN3O2.ClH/c1-3-5-11(16)14(20)18-12-7-6-9(15)8-10(12)13(19)17-4-2;/h6-8,11H,3-5,16H2,1-2H3,(H,17,19)(H,18,20);1H. The maximum atomic E-state index is 11.9. The normalized spacial score (nSPS) is 11.2. The maximum absolute atomic E-state index is 11.9. The molecule has 0 aliphatic heterocycles. The fourth-order valence-corrected chi connectivity index (χ4v) is 1.91. The molecule has 1 atom stereocenters. The first-order valence-electron chi connectivity index (χ1n) is 6.63. The molecule has 0 aliphatic carbocycles. The second-order valence-corrected chi connectivity index (χ2v) is 4.87. The predicted molar refractivity (Wildman–Crippen MR) is 88.2 cm³/mol. The molecule has 0 radical (unpaired) electrons. The zero-order chi connectivity index (χ0) is 15.1. The molecule has 1 aromatic carbocycles. The van der Waals surface area contributed by atoms with Crippen LogP contribution in [0.5, 0.6) is 0 Å². The molecule has 7 heteroatoms. The fraction of sp³-hybridized carbons (Fsp3) is 0.429. The topological polar surface area (TPSA) is 84.2 Å². The molecular formula is C14H21Cl2N3O2. The van der Waals surface area contributed by atoms with Crippen LogP contribution in [0.25, 0.3) is 0 Å². The van der Waals surface area contributed by atoms with Crippen LogP contribution < -0.4 is 16.4 Å². The van der Waals surface area contributed by atoms with E-state index in [2.05, 4.69) is 10.6 Å². The van der Waals surface area contributed by atoms with E-state index in [0.29, 0.717) is 29.2 Å². The van der Waals surface area contributed by atoms with Gasteiger partial charge in [0, 0.05) is 11.6 Å². The van der Waals surface area contributed by atoms with Crippen LogP contribution in [0.1, 0.15) is 37.0 Å². The Hall–Kier alpha value is -1.30. The Labute approximate surface area is 136 Å². The molecule has 1 unspecified atom stereocenters. The molecule has 21 heavy (non-hydrogen) atoms. The average Bonchev–Trinajstić information content (AvgIpc) is 2.41. The Morgan fingerprint density at radius 3 is 2.57 bits per heavy atom. The van der Waals surface area contributed by atoms with Crippen molar-refractivity contribution >= 4 is 41.5 Å². The van der Waals surface area contributed by atoms with E-state index in [1.807, 2.05) is 13.8 Å². The number of halogens is 2. The molecule has 0 saturated carbocycles. The zero-order valence-electron chi connectivity index (χ0n) is 12.1. The molecule has 0 spiro atoms. The minimum absolute atomic E-state index is 0. The highest BCUT2D eigenvalue weighted by molar-refractivity contribution is 6.31. The molecule has 1 rings (SSSR count). The largest absolute Gasteiger partial charge is 0.352 e. The van der Waals surface area contributed by atoms with E-state index in [0.717, 1.165) is 6.42 Å². The number of hydrogen-bond donors (Lipinski definition) is 3. The minimum Gasteiger partial charge on any atom is -0.352 e. The van der Waals surface area contributed by atoms with Crippen molar-refractivity contribution in [3.05, 3.63) is 28.8 Å². The molecule has 0 aromatic heterocycles. The second kappa shape index (κ2) is 9.60. The second-order valence-electron chi connectivity index (χ2n) is 4.43. The minimum atomic E-state index is -0.585. The van der Waals surface area contributed by atoms with Crippen LogP contribution in [-0.4, -0.2) is 24.4 Å². The van der Waals surface area contributed by atoms with Gasteiger partial charge in [-0.2, -0.15) is 0 Å². The lowest BCUT2D eigenvalue weighted by atomic mass is 10.1. The highest BCUT2D eigenvalue weighted by atomic mass is 35.5. The Bertz CT molecular complexity index is 495. The van der Waals surface area contributed by atoms with Gasteiger partial charge >= 0.3 is 0 Å². The molecule has 4 N–H and O–H groups in total. The Morgan fingerprint density at radius 2 is 2.00 bits per heavy atom. The van der Waals surface area contributed by atoms with Crippen LogP contribution in [0, 0.1) is 0 Å². The summed E-state index contributed by atoms with van der Waals surface area (Å²) in [6.07, 6.45) is 1.41. The predicted octanol–water partition coefficient (Wildman–Crippen LogP) is 2.58. The molecule has 0 bridgehead atoms. The van der Waals surface area contributed by atoms with Gasteiger partial charge in [-0.15, -0.1) is 12.4 Å².